The van der Waals surface area contributed by atoms with E-state index in [1.807, 2.05) is 18.2 Å². The van der Waals surface area contributed by atoms with Crippen molar-refractivity contribution >= 4 is 30.4 Å². The summed E-state index contributed by atoms with van der Waals surface area (Å²) in [6.07, 6.45) is 0. The van der Waals surface area contributed by atoms with Crippen LogP contribution in [0.25, 0.3) is 0 Å². The number of carbonyl (C=O) groups is 2. The van der Waals surface area contributed by atoms with Gasteiger partial charge >= 0.3 is 6.03 Å². The number of rotatable bonds is 4. The lowest BCUT2D eigenvalue weighted by Gasteiger charge is -2.13. The van der Waals surface area contributed by atoms with Crippen LogP contribution >= 0.6 is 12.8 Å². The Labute approximate surface area is 128 Å². The van der Waals surface area contributed by atoms with E-state index < -0.39 is 6.03 Å². The molecule has 2 aromatic rings. The minimum Gasteiger partial charge on any atom is -0.350 e. The highest BCUT2D eigenvalue weighted by molar-refractivity contribution is 7.82. The van der Waals surface area contributed by atoms with Gasteiger partial charge in [-0.2, -0.15) is 0 Å². The Kier molecular flexibility index (Phi) is 4.84. The van der Waals surface area contributed by atoms with E-state index in [0.717, 1.165) is 9.87 Å². The molecule has 2 aromatic carbocycles. The average molecular weight is 301 g/mol. The van der Waals surface area contributed by atoms with Gasteiger partial charge in [-0.25, -0.2) is 9.10 Å². The number of carbonyl (C=O) groups excluding carboxylic acids is 2. The predicted octanol–water partition coefficient (Wildman–Crippen LogP) is 2.35. The van der Waals surface area contributed by atoms with Gasteiger partial charge in [0, 0.05) is 12.1 Å². The Bertz CT molecular complexity index is 629. The van der Waals surface area contributed by atoms with Crippen molar-refractivity contribution < 1.29 is 9.59 Å². The Morgan fingerprint density at radius 2 is 1.67 bits per heavy atom. The molecule has 108 valence electrons. The number of primary amides is 1. The molecule has 0 fully saturated rings. The van der Waals surface area contributed by atoms with Crippen LogP contribution in [-0.2, 0) is 6.54 Å². The van der Waals surface area contributed by atoms with Crippen molar-refractivity contribution in [1.82, 2.24) is 5.32 Å². The number of hydrogen-bond acceptors (Lipinski definition) is 3. The zero-order valence-electron chi connectivity index (χ0n) is 11.2. The quantitative estimate of drug-likeness (QED) is 0.758. The van der Waals surface area contributed by atoms with Crippen LogP contribution in [0.3, 0.4) is 0 Å². The van der Waals surface area contributed by atoms with Gasteiger partial charge in [-0.3, -0.25) is 4.79 Å². The molecule has 0 heterocycles. The van der Waals surface area contributed by atoms with Crippen molar-refractivity contribution in [3.8, 4) is 0 Å². The summed E-state index contributed by atoms with van der Waals surface area (Å²) in [6, 6.07) is 15.4. The van der Waals surface area contributed by atoms with E-state index in [1.165, 1.54) is 0 Å². The van der Waals surface area contributed by atoms with E-state index in [0.29, 0.717) is 17.8 Å². The lowest BCUT2D eigenvalue weighted by atomic mass is 10.2. The summed E-state index contributed by atoms with van der Waals surface area (Å²) in [5, 5.41) is 2.82. The van der Waals surface area contributed by atoms with E-state index in [-0.39, 0.29) is 5.91 Å². The molecule has 0 aliphatic rings. The first-order chi connectivity index (χ1) is 10.1. The fraction of sp³-hybridized carbons (Fsp3) is 0.0667. The first-order valence-electron chi connectivity index (χ1n) is 6.28. The van der Waals surface area contributed by atoms with Crippen LogP contribution in [0.5, 0.6) is 0 Å². The number of amides is 3. The molecular weight excluding hydrogens is 286 g/mol. The molecule has 0 saturated heterocycles. The van der Waals surface area contributed by atoms with Gasteiger partial charge in [-0.15, -0.1) is 0 Å². The first kappa shape index (κ1) is 14.9. The summed E-state index contributed by atoms with van der Waals surface area (Å²) in [5.41, 5.74) is 7.22. The van der Waals surface area contributed by atoms with Gasteiger partial charge in [0.1, 0.15) is 0 Å². The van der Waals surface area contributed by atoms with Gasteiger partial charge < -0.3 is 11.1 Å². The Balaban J connectivity index is 1.95. The second kappa shape index (κ2) is 6.81. The molecule has 0 aliphatic heterocycles. The maximum Gasteiger partial charge on any atom is 0.329 e. The number of nitrogens with two attached hydrogens (primary N) is 1. The summed E-state index contributed by atoms with van der Waals surface area (Å²) < 4.78 is 1.05. The molecule has 0 atom stereocenters. The topological polar surface area (TPSA) is 75.4 Å². The van der Waals surface area contributed by atoms with E-state index in [4.69, 9.17) is 5.73 Å². The molecule has 0 radical (unpaired) electrons. The monoisotopic (exact) mass is 301 g/mol. The minimum atomic E-state index is -0.650. The van der Waals surface area contributed by atoms with Crippen LogP contribution in [0.4, 0.5) is 10.5 Å². The molecule has 21 heavy (non-hydrogen) atoms. The summed E-state index contributed by atoms with van der Waals surface area (Å²) in [5.74, 6) is -0.132. The van der Waals surface area contributed by atoms with Crippen molar-refractivity contribution in [1.29, 1.82) is 0 Å². The molecule has 0 unspecified atom stereocenters. The van der Waals surface area contributed by atoms with Crippen molar-refractivity contribution in [2.75, 3.05) is 4.31 Å². The van der Waals surface area contributed by atoms with Crippen molar-refractivity contribution in [3.05, 3.63) is 65.7 Å². The molecule has 0 saturated carbocycles. The normalized spacial score (nSPS) is 9.95. The lowest BCUT2D eigenvalue weighted by Crippen LogP contribution is -2.27. The van der Waals surface area contributed by atoms with Gasteiger partial charge in [0.2, 0.25) is 0 Å². The predicted molar refractivity (Wildman–Crippen MR) is 85.1 cm³/mol. The zero-order valence-corrected chi connectivity index (χ0v) is 12.1. The molecule has 0 aromatic heterocycles. The van der Waals surface area contributed by atoms with E-state index >= 15 is 0 Å². The molecular formula is C15H15N3O2S. The van der Waals surface area contributed by atoms with E-state index in [9.17, 15) is 9.59 Å². The fourth-order valence-electron chi connectivity index (χ4n) is 1.76. The molecule has 6 heteroatoms. The first-order valence-corrected chi connectivity index (χ1v) is 6.68. The highest BCUT2D eigenvalue weighted by Gasteiger charge is 2.08. The van der Waals surface area contributed by atoms with Crippen LogP contribution in [-0.4, -0.2) is 11.9 Å². The summed E-state index contributed by atoms with van der Waals surface area (Å²) in [7, 11) is 0. The van der Waals surface area contributed by atoms with Crippen molar-refractivity contribution in [3.63, 3.8) is 0 Å². The van der Waals surface area contributed by atoms with Crippen LogP contribution in [0, 0.1) is 0 Å². The minimum absolute atomic E-state index is 0.132. The average Bonchev–Trinajstić information content (AvgIpc) is 2.53. The maximum atomic E-state index is 11.9. The highest BCUT2D eigenvalue weighted by Crippen LogP contribution is 2.16. The second-order valence-electron chi connectivity index (χ2n) is 4.37. The Morgan fingerprint density at radius 1 is 1.05 bits per heavy atom. The third-order valence-corrected chi connectivity index (χ3v) is 3.31. The SMILES string of the molecule is NC(=O)N(S)c1ccc(CNC(=O)c2ccccc2)cc1. The number of hydrogen-bond donors (Lipinski definition) is 3. The molecule has 5 nitrogen and oxygen atoms in total. The molecule has 2 rings (SSSR count). The summed E-state index contributed by atoms with van der Waals surface area (Å²) >= 11 is 3.97. The van der Waals surface area contributed by atoms with Crippen LogP contribution < -0.4 is 15.4 Å². The van der Waals surface area contributed by atoms with Gasteiger partial charge in [-0.05, 0) is 29.8 Å². The highest BCUT2D eigenvalue weighted by atomic mass is 32.1. The van der Waals surface area contributed by atoms with Crippen LogP contribution in [0.15, 0.2) is 54.6 Å². The van der Waals surface area contributed by atoms with Gasteiger partial charge in [0.25, 0.3) is 5.91 Å². The smallest absolute Gasteiger partial charge is 0.329 e. The number of benzene rings is 2. The third-order valence-electron chi connectivity index (χ3n) is 2.88. The third kappa shape index (κ3) is 4.00. The maximum absolute atomic E-state index is 11.9. The van der Waals surface area contributed by atoms with Crippen LogP contribution in [0.1, 0.15) is 15.9 Å². The number of nitrogens with zero attached hydrogens (tertiary/aromatic N) is 1. The Hall–Kier alpha value is -2.47. The molecule has 3 amide bonds. The fourth-order valence-corrected chi connectivity index (χ4v) is 1.89. The lowest BCUT2D eigenvalue weighted by molar-refractivity contribution is 0.0951. The van der Waals surface area contributed by atoms with Crippen molar-refractivity contribution in [2.24, 2.45) is 5.73 Å². The summed E-state index contributed by atoms with van der Waals surface area (Å²) in [4.78, 5) is 22.9. The Morgan fingerprint density at radius 3 is 2.24 bits per heavy atom. The molecule has 0 aliphatic carbocycles. The van der Waals surface area contributed by atoms with Gasteiger partial charge in [0.15, 0.2) is 0 Å². The van der Waals surface area contributed by atoms with Crippen LogP contribution in [0.2, 0.25) is 0 Å². The largest absolute Gasteiger partial charge is 0.350 e. The molecule has 0 spiro atoms. The summed E-state index contributed by atoms with van der Waals surface area (Å²) in [6.45, 7) is 0.400. The molecule has 3 N–H and O–H groups in total. The van der Waals surface area contributed by atoms with E-state index in [2.05, 4.69) is 18.1 Å². The number of nitrogens with one attached hydrogen (secondary N) is 1. The zero-order chi connectivity index (χ0) is 15.2. The number of thiol groups is 1. The molecule has 0 bridgehead atoms. The van der Waals surface area contributed by atoms with Gasteiger partial charge in [-0.1, -0.05) is 43.1 Å². The van der Waals surface area contributed by atoms with Gasteiger partial charge in [0.05, 0.1) is 5.69 Å². The number of anilines is 1. The second-order valence-corrected chi connectivity index (χ2v) is 4.77. The van der Waals surface area contributed by atoms with E-state index in [1.54, 1.807) is 36.4 Å². The standard InChI is InChI=1S/C15H15N3O2S/c16-15(20)18(21)13-8-6-11(7-9-13)10-17-14(19)12-4-2-1-3-5-12/h1-9,21H,10H2,(H2,16,20)(H,17,19). The van der Waals surface area contributed by atoms with Crippen molar-refractivity contribution in [2.45, 2.75) is 6.54 Å². The number of urea groups is 1.